The Labute approximate surface area is 268 Å². The molecule has 2 saturated carbocycles. The average molecular weight is 624 g/mol. The minimum absolute atomic E-state index is 0.108. The summed E-state index contributed by atoms with van der Waals surface area (Å²) in [4.78, 5) is 33.3. The molecule has 2 aromatic rings. The molecule has 3 amide bonds. The summed E-state index contributed by atoms with van der Waals surface area (Å²) in [6.45, 7) is 1.34. The van der Waals surface area contributed by atoms with Crippen molar-refractivity contribution in [3.8, 4) is 5.75 Å². The lowest BCUT2D eigenvalue weighted by molar-refractivity contribution is -0.135. The molecule has 1 heterocycles. The van der Waals surface area contributed by atoms with Crippen molar-refractivity contribution in [1.29, 1.82) is 0 Å². The van der Waals surface area contributed by atoms with Gasteiger partial charge >= 0.3 is 6.03 Å². The van der Waals surface area contributed by atoms with E-state index in [0.717, 1.165) is 62.6 Å². The molecule has 44 heavy (non-hydrogen) atoms. The maximum absolute atomic E-state index is 14.1. The van der Waals surface area contributed by atoms with Crippen LogP contribution >= 0.6 is 11.6 Å². The van der Waals surface area contributed by atoms with Gasteiger partial charge < -0.3 is 30.4 Å². The van der Waals surface area contributed by atoms with E-state index in [1.807, 2.05) is 61.5 Å². The van der Waals surface area contributed by atoms with Crippen LogP contribution in [0.4, 0.5) is 10.5 Å². The van der Waals surface area contributed by atoms with Crippen molar-refractivity contribution < 1.29 is 14.7 Å². The molecule has 0 spiro atoms. The van der Waals surface area contributed by atoms with E-state index in [-0.39, 0.29) is 35.8 Å². The van der Waals surface area contributed by atoms with Crippen LogP contribution in [-0.4, -0.2) is 89.1 Å². The summed E-state index contributed by atoms with van der Waals surface area (Å²) < 4.78 is 0. The molecule has 9 heteroatoms. The van der Waals surface area contributed by atoms with Gasteiger partial charge in [-0.25, -0.2) is 4.79 Å². The van der Waals surface area contributed by atoms with Gasteiger partial charge in [-0.15, -0.1) is 0 Å². The highest BCUT2D eigenvalue weighted by molar-refractivity contribution is 6.30. The zero-order chi connectivity index (χ0) is 31.1. The fraction of sp³-hybridized carbons (Fsp3) is 0.600. The topological polar surface area (TPSA) is 88.2 Å². The summed E-state index contributed by atoms with van der Waals surface area (Å²) in [7, 11) is 3.69. The zero-order valence-electron chi connectivity index (χ0n) is 26.4. The molecule has 0 aromatic heterocycles. The van der Waals surface area contributed by atoms with Gasteiger partial charge in [0.05, 0.1) is 11.7 Å². The standard InChI is InChI=1S/C35H50ClN5O3/c1-39(2)35(44)41(29-8-4-3-5-9-29)30-20-22-40(23-21-30)34(43)32(24-25-12-14-26(36)15-13-25)38-28-18-16-27(17-19-28)37-31-10-6-7-11-33(31)42/h6-7,10-15,27-30,32,37-38,42H,3-5,8-9,16-24H2,1-2H3/t27?,28?,32-/m1/s1. The predicted octanol–water partition coefficient (Wildman–Crippen LogP) is 6.28. The molecular formula is C35H50ClN5O3. The number of hydrogen-bond acceptors (Lipinski definition) is 5. The van der Waals surface area contributed by atoms with E-state index in [2.05, 4.69) is 15.5 Å². The van der Waals surface area contributed by atoms with Gasteiger partial charge in [0, 0.05) is 56.4 Å². The number of aromatic hydroxyl groups is 1. The number of hydrogen-bond donors (Lipinski definition) is 3. The van der Waals surface area contributed by atoms with E-state index in [9.17, 15) is 14.7 Å². The quantitative estimate of drug-likeness (QED) is 0.286. The number of phenolic OH excluding ortho intramolecular Hbond substituents is 1. The maximum atomic E-state index is 14.1. The lowest BCUT2D eigenvalue weighted by Crippen LogP contribution is -2.58. The van der Waals surface area contributed by atoms with Gasteiger partial charge in [0.25, 0.3) is 0 Å². The third kappa shape index (κ3) is 8.39. The maximum Gasteiger partial charge on any atom is 0.319 e. The van der Waals surface area contributed by atoms with Crippen molar-refractivity contribution in [2.75, 3.05) is 32.5 Å². The van der Waals surface area contributed by atoms with E-state index in [0.29, 0.717) is 36.6 Å². The first-order valence-electron chi connectivity index (χ1n) is 16.6. The largest absolute Gasteiger partial charge is 0.506 e. The van der Waals surface area contributed by atoms with Crippen LogP contribution in [-0.2, 0) is 11.2 Å². The molecule has 3 N–H and O–H groups in total. The second kappa shape index (κ2) is 15.3. The van der Waals surface area contributed by atoms with Gasteiger partial charge in [0.2, 0.25) is 5.91 Å². The molecule has 3 fully saturated rings. The summed E-state index contributed by atoms with van der Waals surface area (Å²) in [5.41, 5.74) is 1.86. The van der Waals surface area contributed by atoms with Gasteiger partial charge in [-0.1, -0.05) is 55.1 Å². The molecular weight excluding hydrogens is 574 g/mol. The molecule has 240 valence electrons. The Morgan fingerprint density at radius 2 is 1.48 bits per heavy atom. The van der Waals surface area contributed by atoms with Gasteiger partial charge in [0.1, 0.15) is 5.75 Å². The first kappa shape index (κ1) is 32.4. The third-order valence-electron chi connectivity index (χ3n) is 9.82. The van der Waals surface area contributed by atoms with E-state index < -0.39 is 0 Å². The fourth-order valence-corrected chi connectivity index (χ4v) is 7.49. The van der Waals surface area contributed by atoms with Crippen LogP contribution in [0.1, 0.15) is 76.2 Å². The lowest BCUT2D eigenvalue weighted by atomic mass is 9.89. The van der Waals surface area contributed by atoms with Crippen molar-refractivity contribution in [3.05, 3.63) is 59.1 Å². The number of rotatable bonds is 9. The molecule has 1 atom stereocenters. The van der Waals surface area contributed by atoms with E-state index >= 15 is 0 Å². The third-order valence-corrected chi connectivity index (χ3v) is 10.1. The first-order chi connectivity index (χ1) is 21.3. The molecule has 5 rings (SSSR count). The van der Waals surface area contributed by atoms with Crippen LogP contribution in [0.5, 0.6) is 5.75 Å². The fourth-order valence-electron chi connectivity index (χ4n) is 7.36. The average Bonchev–Trinajstić information content (AvgIpc) is 3.04. The lowest BCUT2D eigenvalue weighted by Gasteiger charge is -2.45. The van der Waals surface area contributed by atoms with Crippen LogP contribution < -0.4 is 10.6 Å². The highest BCUT2D eigenvalue weighted by Gasteiger charge is 2.37. The van der Waals surface area contributed by atoms with E-state index in [1.165, 1.54) is 19.3 Å². The number of anilines is 1. The highest BCUT2D eigenvalue weighted by Crippen LogP contribution is 2.30. The summed E-state index contributed by atoms with van der Waals surface area (Å²) in [6.07, 6.45) is 11.9. The van der Waals surface area contributed by atoms with Crippen LogP contribution in [0.25, 0.3) is 0 Å². The Bertz CT molecular complexity index is 1220. The summed E-state index contributed by atoms with van der Waals surface area (Å²) in [6, 6.07) is 16.0. The number of benzene rings is 2. The Balaban J connectivity index is 1.21. The molecule has 0 unspecified atom stereocenters. The smallest absolute Gasteiger partial charge is 0.319 e. The molecule has 3 aliphatic rings. The minimum Gasteiger partial charge on any atom is -0.506 e. The normalized spacial score (nSPS) is 22.3. The second-order valence-electron chi connectivity index (χ2n) is 13.2. The number of carbonyl (C=O) groups excluding carboxylic acids is 2. The molecule has 2 aromatic carbocycles. The number of carbonyl (C=O) groups is 2. The molecule has 1 aliphatic heterocycles. The van der Waals surface area contributed by atoms with Crippen LogP contribution in [0.3, 0.4) is 0 Å². The number of nitrogens with zero attached hydrogens (tertiary/aromatic N) is 3. The Morgan fingerprint density at radius 1 is 0.864 bits per heavy atom. The molecule has 2 aliphatic carbocycles. The number of piperidine rings is 1. The monoisotopic (exact) mass is 623 g/mol. The van der Waals surface area contributed by atoms with E-state index in [1.54, 1.807) is 11.0 Å². The van der Waals surface area contributed by atoms with Crippen molar-refractivity contribution in [2.24, 2.45) is 0 Å². The number of para-hydroxylation sites is 2. The van der Waals surface area contributed by atoms with Gasteiger partial charge in [0.15, 0.2) is 0 Å². The molecule has 0 bridgehead atoms. The number of urea groups is 1. The SMILES string of the molecule is CN(C)C(=O)N(C1CCCCC1)C1CCN(C(=O)[C@@H](Cc2ccc(Cl)cc2)NC2CCC(Nc3ccccc3O)CC2)CC1. The van der Waals surface area contributed by atoms with Crippen molar-refractivity contribution in [1.82, 2.24) is 20.0 Å². The number of likely N-dealkylation sites (tertiary alicyclic amines) is 1. The van der Waals surface area contributed by atoms with E-state index in [4.69, 9.17) is 11.6 Å². The van der Waals surface area contributed by atoms with Crippen molar-refractivity contribution in [3.63, 3.8) is 0 Å². The van der Waals surface area contributed by atoms with Gasteiger partial charge in [-0.05, 0) is 87.6 Å². The van der Waals surface area contributed by atoms with Crippen molar-refractivity contribution in [2.45, 2.75) is 107 Å². The first-order valence-corrected chi connectivity index (χ1v) is 17.0. The second-order valence-corrected chi connectivity index (χ2v) is 13.6. The Hall–Kier alpha value is -2.97. The van der Waals surface area contributed by atoms with Gasteiger partial charge in [-0.2, -0.15) is 0 Å². The van der Waals surface area contributed by atoms with Crippen molar-refractivity contribution >= 4 is 29.2 Å². The van der Waals surface area contributed by atoms with Gasteiger partial charge in [-0.3, -0.25) is 4.79 Å². The predicted molar refractivity (Wildman–Crippen MR) is 177 cm³/mol. The molecule has 0 radical (unpaired) electrons. The molecule has 8 nitrogen and oxygen atoms in total. The summed E-state index contributed by atoms with van der Waals surface area (Å²) in [5, 5.41) is 18.1. The zero-order valence-corrected chi connectivity index (χ0v) is 27.1. The number of halogens is 1. The summed E-state index contributed by atoms with van der Waals surface area (Å²) in [5.74, 6) is 0.425. The highest BCUT2D eigenvalue weighted by atomic mass is 35.5. The number of nitrogens with one attached hydrogen (secondary N) is 2. The minimum atomic E-state index is -0.321. The summed E-state index contributed by atoms with van der Waals surface area (Å²) >= 11 is 6.16. The Morgan fingerprint density at radius 3 is 2.11 bits per heavy atom. The molecule has 1 saturated heterocycles. The number of phenols is 1. The van der Waals surface area contributed by atoms with Crippen LogP contribution in [0.2, 0.25) is 5.02 Å². The number of amides is 3. The van der Waals surface area contributed by atoms with Crippen LogP contribution in [0, 0.1) is 0 Å². The Kier molecular flexibility index (Phi) is 11.3. The van der Waals surface area contributed by atoms with Crippen LogP contribution in [0.15, 0.2) is 48.5 Å².